The number of rotatable bonds is 3. The molecule has 1 aromatic heterocycles. The molecule has 132 valence electrons. The number of hydrogen-bond acceptors (Lipinski definition) is 3. The van der Waals surface area contributed by atoms with Gasteiger partial charge in [-0.25, -0.2) is 0 Å². The average Bonchev–Trinajstić information content (AvgIpc) is 3.06. The Morgan fingerprint density at radius 2 is 1.96 bits per heavy atom. The number of nitrogens with zero attached hydrogens (tertiary/aromatic N) is 3. The molecule has 1 fully saturated rings. The van der Waals surface area contributed by atoms with Gasteiger partial charge in [-0.05, 0) is 38.3 Å². The van der Waals surface area contributed by atoms with Gasteiger partial charge in [0.2, 0.25) is 0 Å². The van der Waals surface area contributed by atoms with Crippen LogP contribution in [0.4, 0.5) is 0 Å². The Morgan fingerprint density at radius 3 is 2.64 bits per heavy atom. The number of morpholine rings is 1. The van der Waals surface area contributed by atoms with Crippen LogP contribution in [0.2, 0.25) is 0 Å². The third kappa shape index (κ3) is 3.42. The summed E-state index contributed by atoms with van der Waals surface area (Å²) < 4.78 is 7.90. The smallest absolute Gasteiger partial charge is 0.0658 e. The standard InChI is InChI=1S/C21H27N3O/c1-21(2,3)24-13-18(11-22-24)17-9-19-14-25-15-20(10-17)23(19)12-16-7-5-4-6-8-16/h4-9,11,13,19-20H,10,12,14-15H2,1-3H3. The van der Waals surface area contributed by atoms with E-state index in [9.17, 15) is 0 Å². The first kappa shape index (κ1) is 16.6. The topological polar surface area (TPSA) is 30.3 Å². The third-order valence-corrected chi connectivity index (χ3v) is 5.19. The molecule has 4 heteroatoms. The van der Waals surface area contributed by atoms with Gasteiger partial charge in [-0.1, -0.05) is 36.4 Å². The summed E-state index contributed by atoms with van der Waals surface area (Å²) in [4.78, 5) is 2.59. The summed E-state index contributed by atoms with van der Waals surface area (Å²) >= 11 is 0. The van der Waals surface area contributed by atoms with E-state index in [4.69, 9.17) is 4.74 Å². The van der Waals surface area contributed by atoms with Crippen LogP contribution in [0.1, 0.15) is 38.3 Å². The van der Waals surface area contributed by atoms with Crippen molar-refractivity contribution in [2.45, 2.75) is 51.4 Å². The van der Waals surface area contributed by atoms with Crippen LogP contribution in [-0.2, 0) is 16.8 Å². The lowest BCUT2D eigenvalue weighted by atomic mass is 9.90. The van der Waals surface area contributed by atoms with Crippen molar-refractivity contribution in [1.82, 2.24) is 14.7 Å². The van der Waals surface area contributed by atoms with Gasteiger partial charge in [-0.2, -0.15) is 5.10 Å². The quantitative estimate of drug-likeness (QED) is 0.855. The second-order valence-electron chi connectivity index (χ2n) is 8.16. The van der Waals surface area contributed by atoms with E-state index in [2.05, 4.69) is 78.1 Å². The number of hydrogen-bond donors (Lipinski definition) is 0. The zero-order valence-electron chi connectivity index (χ0n) is 15.4. The predicted octanol–water partition coefficient (Wildman–Crippen LogP) is 3.69. The first-order valence-corrected chi connectivity index (χ1v) is 9.14. The summed E-state index contributed by atoms with van der Waals surface area (Å²) in [6.07, 6.45) is 7.62. The van der Waals surface area contributed by atoms with Crippen molar-refractivity contribution in [2.24, 2.45) is 0 Å². The number of fused-ring (bicyclic) bond motifs is 2. The predicted molar refractivity (Wildman–Crippen MR) is 100 cm³/mol. The lowest BCUT2D eigenvalue weighted by molar-refractivity contribution is -0.0402. The minimum Gasteiger partial charge on any atom is -0.378 e. The SMILES string of the molecule is CC(C)(C)n1cc(C2=CC3COCC(C2)N3Cc2ccccc2)cn1. The molecule has 1 aromatic carbocycles. The van der Waals surface area contributed by atoms with Crippen molar-refractivity contribution >= 4 is 5.57 Å². The largest absolute Gasteiger partial charge is 0.378 e. The molecule has 2 aliphatic rings. The van der Waals surface area contributed by atoms with E-state index in [0.717, 1.165) is 26.2 Å². The molecule has 0 spiro atoms. The van der Waals surface area contributed by atoms with Gasteiger partial charge < -0.3 is 4.74 Å². The van der Waals surface area contributed by atoms with Gasteiger partial charge in [0, 0.05) is 24.3 Å². The van der Waals surface area contributed by atoms with Crippen LogP contribution in [0.25, 0.3) is 5.57 Å². The molecule has 4 nitrogen and oxygen atoms in total. The van der Waals surface area contributed by atoms with Gasteiger partial charge in [-0.3, -0.25) is 9.58 Å². The van der Waals surface area contributed by atoms with E-state index in [-0.39, 0.29) is 5.54 Å². The van der Waals surface area contributed by atoms with Crippen molar-refractivity contribution in [2.75, 3.05) is 13.2 Å². The second kappa shape index (κ2) is 6.43. The van der Waals surface area contributed by atoms with Gasteiger partial charge in [0.05, 0.1) is 31.0 Å². The van der Waals surface area contributed by atoms with Gasteiger partial charge in [0.15, 0.2) is 0 Å². The molecule has 0 saturated carbocycles. The molecule has 4 rings (SSSR count). The van der Waals surface area contributed by atoms with Crippen LogP contribution in [0, 0.1) is 0 Å². The van der Waals surface area contributed by atoms with E-state index < -0.39 is 0 Å². The Labute approximate surface area is 150 Å². The molecule has 2 bridgehead atoms. The first-order chi connectivity index (χ1) is 12.0. The Bertz CT molecular complexity index is 757. The molecule has 2 atom stereocenters. The second-order valence-corrected chi connectivity index (χ2v) is 8.16. The fraction of sp³-hybridized carbons (Fsp3) is 0.476. The number of aromatic nitrogens is 2. The van der Waals surface area contributed by atoms with Gasteiger partial charge in [0.1, 0.15) is 0 Å². The van der Waals surface area contributed by atoms with Crippen LogP contribution in [0.3, 0.4) is 0 Å². The lowest BCUT2D eigenvalue weighted by Crippen LogP contribution is -2.53. The van der Waals surface area contributed by atoms with E-state index in [1.165, 1.54) is 16.7 Å². The normalized spacial score (nSPS) is 24.2. The van der Waals surface area contributed by atoms with E-state index in [0.29, 0.717) is 12.1 Å². The minimum absolute atomic E-state index is 0.0196. The van der Waals surface area contributed by atoms with Crippen LogP contribution in [0.5, 0.6) is 0 Å². The highest BCUT2D eigenvalue weighted by molar-refractivity contribution is 5.66. The first-order valence-electron chi connectivity index (χ1n) is 9.14. The zero-order valence-corrected chi connectivity index (χ0v) is 15.4. The van der Waals surface area contributed by atoms with E-state index >= 15 is 0 Å². The van der Waals surface area contributed by atoms with Crippen molar-refractivity contribution in [3.63, 3.8) is 0 Å². The summed E-state index contributed by atoms with van der Waals surface area (Å²) in [5.74, 6) is 0. The van der Waals surface area contributed by atoms with E-state index in [1.54, 1.807) is 0 Å². The fourth-order valence-electron chi connectivity index (χ4n) is 3.77. The Hall–Kier alpha value is -1.91. The maximum atomic E-state index is 5.84. The molecular formula is C21H27N3O. The molecule has 3 heterocycles. The summed E-state index contributed by atoms with van der Waals surface area (Å²) in [7, 11) is 0. The highest BCUT2D eigenvalue weighted by Crippen LogP contribution is 2.33. The molecule has 2 aliphatic heterocycles. The summed E-state index contributed by atoms with van der Waals surface area (Å²) in [5.41, 5.74) is 4.06. The number of benzene rings is 1. The molecule has 0 radical (unpaired) electrons. The summed E-state index contributed by atoms with van der Waals surface area (Å²) in [6, 6.07) is 11.5. The molecule has 0 N–H and O–H groups in total. The highest BCUT2D eigenvalue weighted by Gasteiger charge is 2.35. The molecule has 0 aliphatic carbocycles. The molecule has 25 heavy (non-hydrogen) atoms. The fourth-order valence-corrected chi connectivity index (χ4v) is 3.77. The maximum Gasteiger partial charge on any atom is 0.0658 e. The van der Waals surface area contributed by atoms with Crippen molar-refractivity contribution in [1.29, 1.82) is 0 Å². The van der Waals surface area contributed by atoms with Gasteiger partial charge in [-0.15, -0.1) is 0 Å². The van der Waals surface area contributed by atoms with Crippen LogP contribution in [0.15, 0.2) is 48.8 Å². The Morgan fingerprint density at radius 1 is 1.16 bits per heavy atom. The Balaban J connectivity index is 1.58. The third-order valence-electron chi connectivity index (χ3n) is 5.19. The van der Waals surface area contributed by atoms with E-state index in [1.807, 2.05) is 6.20 Å². The molecule has 0 amide bonds. The molecular weight excluding hydrogens is 310 g/mol. The molecule has 1 saturated heterocycles. The zero-order chi connectivity index (χ0) is 17.4. The Kier molecular flexibility index (Phi) is 4.26. The van der Waals surface area contributed by atoms with Crippen molar-refractivity contribution < 1.29 is 4.74 Å². The van der Waals surface area contributed by atoms with Crippen LogP contribution in [-0.4, -0.2) is 40.0 Å². The monoisotopic (exact) mass is 337 g/mol. The average molecular weight is 337 g/mol. The minimum atomic E-state index is 0.0196. The molecule has 2 aromatic rings. The maximum absolute atomic E-state index is 5.84. The van der Waals surface area contributed by atoms with Crippen molar-refractivity contribution in [3.8, 4) is 0 Å². The van der Waals surface area contributed by atoms with Crippen LogP contribution < -0.4 is 0 Å². The van der Waals surface area contributed by atoms with Crippen molar-refractivity contribution in [3.05, 3.63) is 59.9 Å². The van der Waals surface area contributed by atoms with Crippen LogP contribution >= 0.6 is 0 Å². The summed E-state index contributed by atoms with van der Waals surface area (Å²) in [5, 5.41) is 4.57. The lowest BCUT2D eigenvalue weighted by Gasteiger charge is -2.44. The molecule has 2 unspecified atom stereocenters. The van der Waals surface area contributed by atoms with Gasteiger partial charge >= 0.3 is 0 Å². The highest BCUT2D eigenvalue weighted by atomic mass is 16.5. The summed E-state index contributed by atoms with van der Waals surface area (Å²) in [6.45, 7) is 9.13. The number of ether oxygens (including phenoxy) is 1. The van der Waals surface area contributed by atoms with Gasteiger partial charge in [0.25, 0.3) is 0 Å².